The highest BCUT2D eigenvalue weighted by Gasteiger charge is 2.44. The Morgan fingerprint density at radius 1 is 0.712 bits per heavy atom. The van der Waals surface area contributed by atoms with Gasteiger partial charge in [-0.3, -0.25) is 4.79 Å². The molecule has 6 rings (SSSR count). The van der Waals surface area contributed by atoms with E-state index < -0.39 is 0 Å². The summed E-state index contributed by atoms with van der Waals surface area (Å²) in [5, 5.41) is 0.881. The summed E-state index contributed by atoms with van der Waals surface area (Å²) < 4.78 is 47.2. The number of hydrogen-bond donors (Lipinski definition) is 0. The lowest BCUT2D eigenvalue weighted by molar-refractivity contribution is -0.442. The van der Waals surface area contributed by atoms with Gasteiger partial charge in [0.15, 0.2) is 12.3 Å². The summed E-state index contributed by atoms with van der Waals surface area (Å²) in [6.07, 6.45) is 9.81. The lowest BCUT2D eigenvalue weighted by Crippen LogP contribution is -2.29. The van der Waals surface area contributed by atoms with E-state index in [1.807, 2.05) is 18.2 Å². The molecule has 0 amide bonds. The standard InChI is InChI=1S/C54H70ClN2O9/c1-53(2)45-18-9-11-20-47(45)56(27-30-61-35-34-60-29-26-51(58)66-44-16-7-6-8-17-44)49(53)24-22-42-14-13-15-43(52(42)55)23-25-50-54(3,4)46-19-10-12-21-48(46)57(50)28-31-62-36-37-64-40-41-65-39-38-63-33-32-59-5/h6-12,16-24,43H,13-15,26-41H2,1-5H3/q+1/b24-22+. The van der Waals surface area contributed by atoms with Crippen molar-refractivity contribution in [2.45, 2.75) is 64.2 Å². The number of methoxy groups -OCH3 is 1. The van der Waals surface area contributed by atoms with Crippen LogP contribution in [0.2, 0.25) is 0 Å². The first-order chi connectivity index (χ1) is 32.1. The van der Waals surface area contributed by atoms with Gasteiger partial charge in [0.1, 0.15) is 12.4 Å². The number of carbonyl (C=O) groups is 1. The van der Waals surface area contributed by atoms with Crippen LogP contribution in [-0.4, -0.2) is 122 Å². The maximum atomic E-state index is 12.1. The number of benzene rings is 3. The summed E-state index contributed by atoms with van der Waals surface area (Å²) >= 11 is 7.33. The number of rotatable bonds is 28. The van der Waals surface area contributed by atoms with Crippen molar-refractivity contribution in [2.24, 2.45) is 5.92 Å². The summed E-state index contributed by atoms with van der Waals surface area (Å²) in [5.74, 6) is 0.280. The largest absolute Gasteiger partial charge is 0.426 e. The first-order valence-electron chi connectivity index (χ1n) is 23.5. The van der Waals surface area contributed by atoms with E-state index in [2.05, 4.69) is 110 Å². The number of carbonyl (C=O) groups excluding carboxylic acids is 1. The van der Waals surface area contributed by atoms with Crippen LogP contribution in [0.25, 0.3) is 0 Å². The van der Waals surface area contributed by atoms with E-state index in [1.54, 1.807) is 19.2 Å². The number of halogens is 1. The molecule has 356 valence electrons. The van der Waals surface area contributed by atoms with Crippen LogP contribution in [0.1, 0.15) is 64.5 Å². The lowest BCUT2D eigenvalue weighted by Gasteiger charge is -2.26. The third kappa shape index (κ3) is 14.1. The van der Waals surface area contributed by atoms with Crippen molar-refractivity contribution < 1.29 is 47.3 Å². The maximum Gasteiger partial charge on any atom is 0.313 e. The molecule has 11 nitrogen and oxygen atoms in total. The fraction of sp³-hybridized carbons (Fsp3) is 0.500. The molecule has 0 N–H and O–H groups in total. The molecule has 2 heterocycles. The number of anilines is 1. The number of para-hydroxylation sites is 3. The average molecular weight is 927 g/mol. The maximum absolute atomic E-state index is 12.1. The van der Waals surface area contributed by atoms with Crippen molar-refractivity contribution >= 4 is 34.7 Å². The summed E-state index contributed by atoms with van der Waals surface area (Å²) in [7, 11) is 1.66. The van der Waals surface area contributed by atoms with Crippen molar-refractivity contribution in [3.63, 3.8) is 0 Å². The Morgan fingerprint density at radius 2 is 1.30 bits per heavy atom. The smallest absolute Gasteiger partial charge is 0.313 e. The molecule has 0 radical (unpaired) electrons. The molecule has 0 fully saturated rings. The van der Waals surface area contributed by atoms with Gasteiger partial charge < -0.3 is 42.8 Å². The number of nitrogens with zero attached hydrogens (tertiary/aromatic N) is 2. The monoisotopic (exact) mass is 925 g/mol. The van der Waals surface area contributed by atoms with Crippen molar-refractivity contribution in [3.05, 3.63) is 130 Å². The van der Waals surface area contributed by atoms with Crippen molar-refractivity contribution in [1.29, 1.82) is 0 Å². The fourth-order valence-corrected chi connectivity index (χ4v) is 9.06. The van der Waals surface area contributed by atoms with Crippen LogP contribution in [0.3, 0.4) is 0 Å². The zero-order valence-electron chi connectivity index (χ0n) is 39.7. The van der Waals surface area contributed by atoms with Crippen LogP contribution >= 0.6 is 11.6 Å². The van der Waals surface area contributed by atoms with E-state index >= 15 is 0 Å². The van der Waals surface area contributed by atoms with E-state index in [0.29, 0.717) is 98.1 Å². The van der Waals surface area contributed by atoms with E-state index in [1.165, 1.54) is 28.2 Å². The van der Waals surface area contributed by atoms with Gasteiger partial charge >= 0.3 is 5.97 Å². The van der Waals surface area contributed by atoms with Crippen LogP contribution in [0, 0.1) is 5.92 Å². The predicted molar refractivity (Wildman–Crippen MR) is 261 cm³/mol. The van der Waals surface area contributed by atoms with Gasteiger partial charge in [0.25, 0.3) is 0 Å². The lowest BCUT2D eigenvalue weighted by atomic mass is 9.81. The SMILES string of the molecule is COCCOCCOCCOCCOCCN1C(=C=CC2CCCC(/C=C/C3=[N+](CCOCCOCCC(=O)Oc4ccccc4)c4ccccc4C3(C)C)=C2Cl)C(C)(C)c2ccccc21. The summed E-state index contributed by atoms with van der Waals surface area (Å²) in [6, 6.07) is 26.3. The van der Waals surface area contributed by atoms with E-state index in [9.17, 15) is 4.79 Å². The van der Waals surface area contributed by atoms with Crippen molar-refractivity contribution in [1.82, 2.24) is 0 Å². The highest BCUT2D eigenvalue weighted by Crippen LogP contribution is 2.47. The van der Waals surface area contributed by atoms with Gasteiger partial charge in [-0.15, -0.1) is 5.73 Å². The molecule has 3 aliphatic rings. The number of ether oxygens (including phenoxy) is 8. The third-order valence-electron chi connectivity index (χ3n) is 12.3. The highest BCUT2D eigenvalue weighted by atomic mass is 35.5. The van der Waals surface area contributed by atoms with E-state index in [4.69, 9.17) is 49.5 Å². The van der Waals surface area contributed by atoms with Crippen LogP contribution < -0.4 is 9.64 Å². The minimum atomic E-state index is -0.319. The van der Waals surface area contributed by atoms with E-state index in [-0.39, 0.29) is 35.7 Å². The highest BCUT2D eigenvalue weighted by molar-refractivity contribution is 6.30. The molecule has 1 unspecified atom stereocenters. The second-order valence-corrected chi connectivity index (χ2v) is 17.9. The fourth-order valence-electron chi connectivity index (χ4n) is 8.73. The van der Waals surface area contributed by atoms with Gasteiger partial charge in [0, 0.05) is 53.4 Å². The molecule has 0 aromatic heterocycles. The van der Waals surface area contributed by atoms with Gasteiger partial charge in [-0.05, 0) is 82.4 Å². The summed E-state index contributed by atoms with van der Waals surface area (Å²) in [4.78, 5) is 14.5. The average Bonchev–Trinajstić information content (AvgIpc) is 3.67. The number of esters is 1. The zero-order chi connectivity index (χ0) is 46.6. The van der Waals surface area contributed by atoms with Gasteiger partial charge in [0.2, 0.25) is 5.69 Å². The molecule has 0 spiro atoms. The molecule has 3 aromatic carbocycles. The molecule has 0 saturated carbocycles. The summed E-state index contributed by atoms with van der Waals surface area (Å²) in [5.41, 5.74) is 11.8. The van der Waals surface area contributed by atoms with Gasteiger partial charge in [0.05, 0.1) is 96.8 Å². The minimum absolute atomic E-state index is 0.0644. The number of fused-ring (bicyclic) bond motifs is 2. The van der Waals surface area contributed by atoms with Crippen molar-refractivity contribution in [2.75, 3.05) is 111 Å². The van der Waals surface area contributed by atoms with Crippen LogP contribution in [0.4, 0.5) is 11.4 Å². The Morgan fingerprint density at radius 3 is 2.00 bits per heavy atom. The summed E-state index contributed by atoms with van der Waals surface area (Å²) in [6.45, 7) is 17.0. The topological polar surface area (TPSA) is 97.2 Å². The molecule has 3 aromatic rings. The molecule has 1 aliphatic carbocycles. The Kier molecular flexibility index (Phi) is 20.3. The second kappa shape index (κ2) is 26.2. The van der Waals surface area contributed by atoms with Gasteiger partial charge in [-0.2, -0.15) is 4.58 Å². The second-order valence-electron chi connectivity index (χ2n) is 17.5. The molecular weight excluding hydrogens is 856 g/mol. The van der Waals surface area contributed by atoms with Crippen LogP contribution in [0.15, 0.2) is 119 Å². The first-order valence-corrected chi connectivity index (χ1v) is 23.9. The molecule has 2 aliphatic heterocycles. The first kappa shape index (κ1) is 51.0. The molecule has 0 saturated heterocycles. The van der Waals surface area contributed by atoms with Gasteiger partial charge in [-0.25, -0.2) is 0 Å². The number of hydrogen-bond acceptors (Lipinski definition) is 10. The Bertz CT molecular complexity index is 2180. The van der Waals surface area contributed by atoms with E-state index in [0.717, 1.165) is 35.6 Å². The van der Waals surface area contributed by atoms with Crippen LogP contribution in [0.5, 0.6) is 5.75 Å². The van der Waals surface area contributed by atoms with Crippen LogP contribution in [-0.2, 0) is 48.8 Å². The minimum Gasteiger partial charge on any atom is -0.426 e. The molecular formula is C54H70ClN2O9+. The zero-order valence-corrected chi connectivity index (χ0v) is 40.5. The predicted octanol–water partition coefficient (Wildman–Crippen LogP) is 9.49. The quantitative estimate of drug-likeness (QED) is 0.0231. The number of allylic oxidation sites excluding steroid dienone is 5. The molecule has 12 heteroatoms. The van der Waals surface area contributed by atoms with Crippen molar-refractivity contribution in [3.8, 4) is 5.75 Å². The Balaban J connectivity index is 1.04. The third-order valence-corrected chi connectivity index (χ3v) is 12.8. The van der Waals surface area contributed by atoms with Gasteiger partial charge in [-0.1, -0.05) is 72.3 Å². The molecule has 1 atom stereocenters. The molecule has 0 bridgehead atoms. The normalized spacial score (nSPS) is 17.4. The molecule has 66 heavy (non-hydrogen) atoms. The Hall–Kier alpha value is -4.39. The Labute approximate surface area is 397 Å².